The predicted molar refractivity (Wildman–Crippen MR) is 71.0 cm³/mol. The van der Waals surface area contributed by atoms with Gasteiger partial charge in [-0.05, 0) is 33.8 Å². The van der Waals surface area contributed by atoms with Crippen LogP contribution in [-0.2, 0) is 9.59 Å². The van der Waals surface area contributed by atoms with E-state index in [0.717, 1.165) is 0 Å². The number of hydrogen-bond acceptors (Lipinski definition) is 4. The average Bonchev–Trinajstić information content (AvgIpc) is 2.79. The summed E-state index contributed by atoms with van der Waals surface area (Å²) in [6.07, 6.45) is 0.00148. The molecule has 0 aromatic carbocycles. The van der Waals surface area contributed by atoms with Gasteiger partial charge >= 0.3 is 0 Å². The van der Waals surface area contributed by atoms with E-state index < -0.39 is 11.9 Å². The number of carbonyl (C=O) groups is 3. The van der Waals surface area contributed by atoms with Crippen LogP contribution in [0, 0.1) is 13.8 Å². The van der Waals surface area contributed by atoms with Crippen LogP contribution in [0.3, 0.4) is 0 Å². The molecule has 1 unspecified atom stereocenters. The molecule has 1 aliphatic heterocycles. The lowest BCUT2D eigenvalue weighted by Gasteiger charge is -2.19. The molecule has 6 heteroatoms. The number of rotatable bonds is 3. The van der Waals surface area contributed by atoms with Crippen LogP contribution in [0.15, 0.2) is 10.5 Å². The second kappa shape index (κ2) is 5.11. The number of nitrogens with zero attached hydrogens (tertiary/aromatic N) is 1. The predicted octanol–water partition coefficient (Wildman–Crippen LogP) is 1.16. The molecule has 1 N–H and O–H groups in total. The van der Waals surface area contributed by atoms with Gasteiger partial charge in [0.15, 0.2) is 5.76 Å². The van der Waals surface area contributed by atoms with Crippen LogP contribution < -0.4 is 5.32 Å². The Balaban J connectivity index is 2.12. The van der Waals surface area contributed by atoms with E-state index >= 15 is 0 Å². The van der Waals surface area contributed by atoms with E-state index in [1.807, 2.05) is 0 Å². The molecule has 2 heterocycles. The zero-order chi connectivity index (χ0) is 15.0. The first-order chi connectivity index (χ1) is 9.31. The number of furan rings is 1. The highest BCUT2D eigenvalue weighted by atomic mass is 16.3. The van der Waals surface area contributed by atoms with Gasteiger partial charge < -0.3 is 9.73 Å². The van der Waals surface area contributed by atoms with Gasteiger partial charge in [0.05, 0.1) is 6.42 Å². The number of likely N-dealkylation sites (tertiary alicyclic amines) is 1. The molecule has 3 amide bonds. The molecule has 6 nitrogen and oxygen atoms in total. The van der Waals surface area contributed by atoms with Gasteiger partial charge in [-0.1, -0.05) is 0 Å². The minimum atomic E-state index is -0.804. The van der Waals surface area contributed by atoms with Crippen LogP contribution in [0.1, 0.15) is 42.1 Å². The lowest BCUT2D eigenvalue weighted by molar-refractivity contribution is -0.140. The summed E-state index contributed by atoms with van der Waals surface area (Å²) in [5.41, 5.74) is 0.706. The molecule has 0 aliphatic carbocycles. The SMILES string of the molecule is Cc1cc(C)c(C(=O)NC2CC(=O)N(C(C)C)C2=O)o1. The Kier molecular flexibility index (Phi) is 3.65. The fourth-order valence-electron chi connectivity index (χ4n) is 2.40. The van der Waals surface area contributed by atoms with Crippen molar-refractivity contribution >= 4 is 17.7 Å². The number of aryl methyl sites for hydroxylation is 2. The van der Waals surface area contributed by atoms with Crippen LogP contribution in [0.25, 0.3) is 0 Å². The molecular formula is C14H18N2O4. The van der Waals surface area contributed by atoms with Crippen LogP contribution in [0.4, 0.5) is 0 Å². The minimum Gasteiger partial charge on any atom is -0.456 e. The summed E-state index contributed by atoms with van der Waals surface area (Å²) >= 11 is 0. The zero-order valence-corrected chi connectivity index (χ0v) is 12.0. The second-order valence-electron chi connectivity index (χ2n) is 5.30. The first-order valence-electron chi connectivity index (χ1n) is 6.55. The Labute approximate surface area is 117 Å². The van der Waals surface area contributed by atoms with Gasteiger partial charge in [-0.3, -0.25) is 19.3 Å². The van der Waals surface area contributed by atoms with Crippen molar-refractivity contribution in [2.24, 2.45) is 0 Å². The number of imide groups is 1. The van der Waals surface area contributed by atoms with Crippen molar-refractivity contribution in [3.8, 4) is 0 Å². The van der Waals surface area contributed by atoms with Crippen LogP contribution >= 0.6 is 0 Å². The molecule has 1 saturated heterocycles. The van der Waals surface area contributed by atoms with Gasteiger partial charge in [0.25, 0.3) is 11.8 Å². The summed E-state index contributed by atoms with van der Waals surface area (Å²) in [5.74, 6) is -0.273. The highest BCUT2D eigenvalue weighted by molar-refractivity contribution is 6.08. The van der Waals surface area contributed by atoms with Crippen molar-refractivity contribution in [3.63, 3.8) is 0 Å². The molecule has 0 saturated carbocycles. The summed E-state index contributed by atoms with van der Waals surface area (Å²) in [4.78, 5) is 37.1. The molecule has 1 aromatic heterocycles. The lowest BCUT2D eigenvalue weighted by Crippen LogP contribution is -2.43. The third-order valence-corrected chi connectivity index (χ3v) is 3.25. The smallest absolute Gasteiger partial charge is 0.287 e. The van der Waals surface area contributed by atoms with Crippen molar-refractivity contribution < 1.29 is 18.8 Å². The van der Waals surface area contributed by atoms with E-state index in [2.05, 4.69) is 5.32 Å². The maximum atomic E-state index is 12.1. The Bertz CT molecular complexity index is 574. The molecule has 1 atom stereocenters. The van der Waals surface area contributed by atoms with Crippen LogP contribution in [-0.4, -0.2) is 34.7 Å². The van der Waals surface area contributed by atoms with Crippen LogP contribution in [0.2, 0.25) is 0 Å². The molecule has 1 fully saturated rings. The molecular weight excluding hydrogens is 260 g/mol. The van der Waals surface area contributed by atoms with Crippen molar-refractivity contribution in [2.75, 3.05) is 0 Å². The Morgan fingerprint density at radius 3 is 2.50 bits per heavy atom. The third kappa shape index (κ3) is 2.45. The Morgan fingerprint density at radius 1 is 1.40 bits per heavy atom. The molecule has 0 bridgehead atoms. The number of nitrogens with one attached hydrogen (secondary N) is 1. The van der Waals surface area contributed by atoms with Gasteiger partial charge in [0.1, 0.15) is 11.8 Å². The Morgan fingerprint density at radius 2 is 2.05 bits per heavy atom. The normalized spacial score (nSPS) is 19.1. The highest BCUT2D eigenvalue weighted by Gasteiger charge is 2.41. The molecule has 108 valence electrons. The van der Waals surface area contributed by atoms with E-state index in [9.17, 15) is 14.4 Å². The summed E-state index contributed by atoms with van der Waals surface area (Å²) in [7, 11) is 0. The maximum Gasteiger partial charge on any atom is 0.287 e. The summed E-state index contributed by atoms with van der Waals surface area (Å²) in [6.45, 7) is 7.03. The molecule has 1 aliphatic rings. The molecule has 1 aromatic rings. The topological polar surface area (TPSA) is 79.6 Å². The average molecular weight is 278 g/mol. The quantitative estimate of drug-likeness (QED) is 0.841. The number of carbonyl (C=O) groups excluding carboxylic acids is 3. The van der Waals surface area contributed by atoms with Gasteiger partial charge in [-0.2, -0.15) is 0 Å². The highest BCUT2D eigenvalue weighted by Crippen LogP contribution is 2.18. The standard InChI is InChI=1S/C14H18N2O4/c1-7(2)16-11(17)6-10(14(16)19)15-13(18)12-8(3)5-9(4)20-12/h5,7,10H,6H2,1-4H3,(H,15,18). The molecule has 2 rings (SSSR count). The van der Waals surface area contributed by atoms with Crippen molar-refractivity contribution in [1.29, 1.82) is 0 Å². The first-order valence-corrected chi connectivity index (χ1v) is 6.55. The largest absolute Gasteiger partial charge is 0.456 e. The lowest BCUT2D eigenvalue weighted by atomic mass is 10.2. The van der Waals surface area contributed by atoms with Gasteiger partial charge in [0, 0.05) is 11.6 Å². The maximum absolute atomic E-state index is 12.1. The fourth-order valence-corrected chi connectivity index (χ4v) is 2.40. The minimum absolute atomic E-state index is 0.00148. The summed E-state index contributed by atoms with van der Waals surface area (Å²) in [5, 5.41) is 2.57. The molecule has 0 spiro atoms. The third-order valence-electron chi connectivity index (χ3n) is 3.25. The summed E-state index contributed by atoms with van der Waals surface area (Å²) < 4.78 is 5.30. The summed E-state index contributed by atoms with van der Waals surface area (Å²) in [6, 6.07) is 0.739. The van der Waals surface area contributed by atoms with Gasteiger partial charge in [0.2, 0.25) is 5.91 Å². The van der Waals surface area contributed by atoms with Gasteiger partial charge in [-0.25, -0.2) is 0 Å². The Hall–Kier alpha value is -2.11. The fraction of sp³-hybridized carbons (Fsp3) is 0.500. The molecule has 20 heavy (non-hydrogen) atoms. The van der Waals surface area contributed by atoms with Crippen molar-refractivity contribution in [3.05, 3.63) is 23.2 Å². The van der Waals surface area contributed by atoms with E-state index in [1.54, 1.807) is 33.8 Å². The van der Waals surface area contributed by atoms with E-state index in [4.69, 9.17) is 4.42 Å². The second-order valence-corrected chi connectivity index (χ2v) is 5.30. The first kappa shape index (κ1) is 14.3. The van der Waals surface area contributed by atoms with E-state index in [0.29, 0.717) is 11.3 Å². The monoisotopic (exact) mass is 278 g/mol. The van der Waals surface area contributed by atoms with E-state index in [1.165, 1.54) is 4.90 Å². The number of hydrogen-bond donors (Lipinski definition) is 1. The molecule has 0 radical (unpaired) electrons. The van der Waals surface area contributed by atoms with E-state index in [-0.39, 0.29) is 30.0 Å². The van der Waals surface area contributed by atoms with Crippen molar-refractivity contribution in [1.82, 2.24) is 10.2 Å². The van der Waals surface area contributed by atoms with Crippen molar-refractivity contribution in [2.45, 2.75) is 46.2 Å². The zero-order valence-electron chi connectivity index (χ0n) is 12.0. The van der Waals surface area contributed by atoms with Crippen LogP contribution in [0.5, 0.6) is 0 Å². The number of amides is 3. The van der Waals surface area contributed by atoms with Gasteiger partial charge in [-0.15, -0.1) is 0 Å².